The number of hydrogen-bond acceptors (Lipinski definition) is 6. The van der Waals surface area contributed by atoms with Crippen molar-refractivity contribution in [2.45, 2.75) is 13.0 Å². The molecule has 3 aromatic rings. The second kappa shape index (κ2) is 4.52. The van der Waals surface area contributed by atoms with Crippen molar-refractivity contribution in [3.05, 3.63) is 57.0 Å². The Hall–Kier alpha value is -2.12. The summed E-state index contributed by atoms with van der Waals surface area (Å²) < 4.78 is 1.26. The summed E-state index contributed by atoms with van der Waals surface area (Å²) in [6.07, 6.45) is 0. The molecular weight excluding hydrogens is 262 g/mol. The van der Waals surface area contributed by atoms with E-state index >= 15 is 0 Å². The van der Waals surface area contributed by atoms with E-state index in [1.54, 1.807) is 6.92 Å². The molecule has 3 rings (SSSR count). The molecule has 0 spiro atoms. The van der Waals surface area contributed by atoms with E-state index in [1.807, 2.05) is 30.3 Å². The van der Waals surface area contributed by atoms with Gasteiger partial charge in [0.1, 0.15) is 10.7 Å². The van der Waals surface area contributed by atoms with E-state index in [0.717, 1.165) is 5.56 Å². The molecule has 2 N–H and O–H groups in total. The van der Waals surface area contributed by atoms with E-state index in [9.17, 15) is 4.79 Å². The lowest BCUT2D eigenvalue weighted by molar-refractivity contribution is 0.767. The van der Waals surface area contributed by atoms with Crippen LogP contribution in [0.1, 0.15) is 22.3 Å². The highest BCUT2D eigenvalue weighted by molar-refractivity contribution is 7.16. The number of nitrogens with zero attached hydrogens (tertiary/aromatic N) is 4. The maximum Gasteiger partial charge on any atom is 0.296 e. The van der Waals surface area contributed by atoms with Crippen molar-refractivity contribution in [1.82, 2.24) is 19.8 Å². The van der Waals surface area contributed by atoms with Gasteiger partial charge >= 0.3 is 0 Å². The molecule has 7 heteroatoms. The lowest BCUT2D eigenvalue weighted by Crippen LogP contribution is -2.20. The minimum atomic E-state index is -0.368. The van der Waals surface area contributed by atoms with E-state index in [-0.39, 0.29) is 11.6 Å². The Kier molecular flexibility index (Phi) is 2.84. The Morgan fingerprint density at radius 1 is 1.26 bits per heavy atom. The first-order valence-electron chi connectivity index (χ1n) is 5.70. The summed E-state index contributed by atoms with van der Waals surface area (Å²) in [5, 5.41) is 12.6. The second-order valence-corrected chi connectivity index (χ2v) is 5.10. The molecule has 0 radical (unpaired) electrons. The number of hydrogen-bond donors (Lipinski definition) is 1. The summed E-state index contributed by atoms with van der Waals surface area (Å²) in [7, 11) is 0. The van der Waals surface area contributed by atoms with Crippen molar-refractivity contribution in [3.8, 4) is 0 Å². The van der Waals surface area contributed by atoms with Gasteiger partial charge < -0.3 is 5.73 Å². The average Bonchev–Trinajstić information content (AvgIpc) is 2.88. The van der Waals surface area contributed by atoms with Gasteiger partial charge in [-0.2, -0.15) is 9.61 Å². The smallest absolute Gasteiger partial charge is 0.296 e. The summed E-state index contributed by atoms with van der Waals surface area (Å²) in [4.78, 5) is 12.3. The minimum Gasteiger partial charge on any atom is -0.318 e. The van der Waals surface area contributed by atoms with Crippen LogP contribution in [0.3, 0.4) is 0 Å². The lowest BCUT2D eigenvalue weighted by atomic mass is 10.1. The van der Waals surface area contributed by atoms with E-state index < -0.39 is 0 Å². The maximum absolute atomic E-state index is 11.9. The molecule has 0 saturated carbocycles. The predicted octanol–water partition coefficient (Wildman–Crippen LogP) is 0.903. The van der Waals surface area contributed by atoms with Gasteiger partial charge in [-0.15, -0.1) is 10.2 Å². The summed E-state index contributed by atoms with van der Waals surface area (Å²) >= 11 is 1.28. The lowest BCUT2D eigenvalue weighted by Gasteiger charge is -2.06. The molecule has 1 aromatic carbocycles. The molecule has 0 aliphatic rings. The standard InChI is InChI=1S/C12H11N5OS/c1-7-11(18)17-12(15-14-7)19-10(16-17)9(13)8-5-3-2-4-6-8/h2-6,9H,13H2,1H3. The highest BCUT2D eigenvalue weighted by Gasteiger charge is 2.16. The number of aromatic nitrogens is 4. The monoisotopic (exact) mass is 273 g/mol. The summed E-state index contributed by atoms with van der Waals surface area (Å²) in [6, 6.07) is 9.24. The molecule has 1 unspecified atom stereocenters. The van der Waals surface area contributed by atoms with Crippen molar-refractivity contribution in [1.29, 1.82) is 0 Å². The van der Waals surface area contributed by atoms with Crippen LogP contribution in [-0.4, -0.2) is 19.8 Å². The Balaban J connectivity index is 2.12. The van der Waals surface area contributed by atoms with Crippen LogP contribution >= 0.6 is 11.3 Å². The molecule has 0 aliphatic heterocycles. The zero-order valence-electron chi connectivity index (χ0n) is 10.1. The van der Waals surface area contributed by atoms with Gasteiger partial charge in [0, 0.05) is 0 Å². The molecule has 96 valence electrons. The molecule has 0 saturated heterocycles. The molecule has 2 heterocycles. The van der Waals surface area contributed by atoms with Crippen molar-refractivity contribution >= 4 is 16.3 Å². The zero-order valence-corrected chi connectivity index (χ0v) is 11.0. The molecule has 0 fully saturated rings. The van der Waals surface area contributed by atoms with Gasteiger partial charge in [0.15, 0.2) is 0 Å². The first kappa shape index (κ1) is 11.9. The van der Waals surface area contributed by atoms with Crippen molar-refractivity contribution < 1.29 is 0 Å². The van der Waals surface area contributed by atoms with Crippen LogP contribution in [0.4, 0.5) is 0 Å². The minimum absolute atomic E-state index is 0.257. The molecule has 0 amide bonds. The number of fused-ring (bicyclic) bond motifs is 1. The van der Waals surface area contributed by atoms with Gasteiger partial charge in [-0.05, 0) is 12.5 Å². The predicted molar refractivity (Wildman–Crippen MR) is 72.1 cm³/mol. The van der Waals surface area contributed by atoms with E-state index in [4.69, 9.17) is 5.73 Å². The Morgan fingerprint density at radius 3 is 2.74 bits per heavy atom. The first-order valence-corrected chi connectivity index (χ1v) is 6.52. The molecular formula is C12H11N5OS. The number of rotatable bonds is 2. The fourth-order valence-electron chi connectivity index (χ4n) is 1.74. The Morgan fingerprint density at radius 2 is 2.00 bits per heavy atom. The third-order valence-corrected chi connectivity index (χ3v) is 3.77. The third-order valence-electron chi connectivity index (χ3n) is 2.79. The maximum atomic E-state index is 11.9. The first-order chi connectivity index (χ1) is 9.16. The van der Waals surface area contributed by atoms with Crippen LogP contribution in [0.2, 0.25) is 0 Å². The molecule has 19 heavy (non-hydrogen) atoms. The van der Waals surface area contributed by atoms with E-state index in [2.05, 4.69) is 15.3 Å². The molecule has 0 aliphatic carbocycles. The van der Waals surface area contributed by atoms with Crippen LogP contribution in [-0.2, 0) is 0 Å². The second-order valence-electron chi connectivity index (χ2n) is 4.11. The summed E-state index contributed by atoms with van der Waals surface area (Å²) in [6.45, 7) is 1.61. The highest BCUT2D eigenvalue weighted by Crippen LogP contribution is 2.22. The van der Waals surface area contributed by atoms with Gasteiger partial charge in [0.05, 0.1) is 6.04 Å². The fraction of sp³-hybridized carbons (Fsp3) is 0.167. The number of nitrogens with two attached hydrogens (primary N) is 1. The van der Waals surface area contributed by atoms with E-state index in [1.165, 1.54) is 15.9 Å². The van der Waals surface area contributed by atoms with Crippen molar-refractivity contribution in [2.24, 2.45) is 5.73 Å². The van der Waals surface area contributed by atoms with Crippen LogP contribution < -0.4 is 11.3 Å². The normalized spacial score (nSPS) is 12.7. The number of aryl methyl sites for hydroxylation is 1. The van der Waals surface area contributed by atoms with Gasteiger partial charge in [0.25, 0.3) is 5.56 Å². The summed E-state index contributed by atoms with van der Waals surface area (Å²) in [5.41, 5.74) is 7.16. The molecule has 6 nitrogen and oxygen atoms in total. The molecule has 1 atom stereocenters. The van der Waals surface area contributed by atoms with Crippen molar-refractivity contribution in [2.75, 3.05) is 0 Å². The van der Waals surface area contributed by atoms with Crippen LogP contribution in [0.15, 0.2) is 35.1 Å². The zero-order chi connectivity index (χ0) is 13.4. The topological polar surface area (TPSA) is 86.2 Å². The third kappa shape index (κ3) is 2.02. The van der Waals surface area contributed by atoms with Crippen LogP contribution in [0.5, 0.6) is 0 Å². The van der Waals surface area contributed by atoms with E-state index in [0.29, 0.717) is 15.7 Å². The van der Waals surface area contributed by atoms with Crippen LogP contribution in [0, 0.1) is 6.92 Å². The highest BCUT2D eigenvalue weighted by atomic mass is 32.1. The average molecular weight is 273 g/mol. The van der Waals surface area contributed by atoms with Crippen LogP contribution in [0.25, 0.3) is 4.96 Å². The van der Waals surface area contributed by atoms with Gasteiger partial charge in [-0.1, -0.05) is 41.7 Å². The molecule has 0 bridgehead atoms. The Labute approximate surface area is 112 Å². The van der Waals surface area contributed by atoms with Gasteiger partial charge in [0.2, 0.25) is 4.96 Å². The Bertz CT molecular complexity index is 780. The number of benzene rings is 1. The largest absolute Gasteiger partial charge is 0.318 e. The SMILES string of the molecule is Cc1nnc2sc(C(N)c3ccccc3)nn2c1=O. The van der Waals surface area contributed by atoms with Crippen molar-refractivity contribution in [3.63, 3.8) is 0 Å². The quantitative estimate of drug-likeness (QED) is 0.749. The van der Waals surface area contributed by atoms with Gasteiger partial charge in [-0.25, -0.2) is 0 Å². The summed E-state index contributed by atoms with van der Waals surface area (Å²) in [5.74, 6) is 0. The molecule has 2 aromatic heterocycles. The van der Waals surface area contributed by atoms with Gasteiger partial charge in [-0.3, -0.25) is 4.79 Å². The fourth-order valence-corrected chi connectivity index (χ4v) is 2.60.